The van der Waals surface area contributed by atoms with E-state index in [1.54, 1.807) is 29.6 Å². The van der Waals surface area contributed by atoms with Crippen molar-refractivity contribution in [3.05, 3.63) is 35.3 Å². The Bertz CT molecular complexity index is 615. The Balaban J connectivity index is 2.00. The summed E-state index contributed by atoms with van der Waals surface area (Å²) in [5.74, 6) is 0.246. The Morgan fingerprint density at radius 1 is 1.47 bits per heavy atom. The SMILES string of the molecule is N#CCOc1ccc(NC(=O)c2csc(N)n2)cc1. The summed E-state index contributed by atoms with van der Waals surface area (Å²) in [7, 11) is 0. The lowest BCUT2D eigenvalue weighted by Crippen LogP contribution is -2.12. The molecule has 0 aliphatic heterocycles. The summed E-state index contributed by atoms with van der Waals surface area (Å²) in [5.41, 5.74) is 6.36. The van der Waals surface area contributed by atoms with Crippen molar-refractivity contribution in [2.45, 2.75) is 0 Å². The average molecular weight is 274 g/mol. The summed E-state index contributed by atoms with van der Waals surface area (Å²) in [6.07, 6.45) is 0. The summed E-state index contributed by atoms with van der Waals surface area (Å²) < 4.78 is 5.10. The molecular formula is C12H10N4O2S. The first-order valence-electron chi connectivity index (χ1n) is 5.31. The van der Waals surface area contributed by atoms with Gasteiger partial charge in [-0.1, -0.05) is 0 Å². The van der Waals surface area contributed by atoms with Gasteiger partial charge in [0.15, 0.2) is 11.7 Å². The van der Waals surface area contributed by atoms with E-state index in [9.17, 15) is 4.79 Å². The van der Waals surface area contributed by atoms with Crippen molar-refractivity contribution in [2.75, 3.05) is 17.7 Å². The highest BCUT2D eigenvalue weighted by Gasteiger charge is 2.09. The lowest BCUT2D eigenvalue weighted by Gasteiger charge is -2.05. The Morgan fingerprint density at radius 2 is 2.21 bits per heavy atom. The molecule has 0 spiro atoms. The van der Waals surface area contributed by atoms with Crippen LogP contribution in [0.4, 0.5) is 10.8 Å². The number of hydrogen-bond acceptors (Lipinski definition) is 6. The molecule has 7 heteroatoms. The van der Waals surface area contributed by atoms with Crippen molar-refractivity contribution in [1.82, 2.24) is 4.98 Å². The Morgan fingerprint density at radius 3 is 2.79 bits per heavy atom. The number of benzene rings is 1. The molecule has 0 aliphatic rings. The molecule has 3 N–H and O–H groups in total. The number of aromatic nitrogens is 1. The van der Waals surface area contributed by atoms with Crippen LogP contribution < -0.4 is 15.8 Å². The van der Waals surface area contributed by atoms with Gasteiger partial charge in [-0.15, -0.1) is 11.3 Å². The average Bonchev–Trinajstić information content (AvgIpc) is 2.85. The normalized spacial score (nSPS) is 9.63. The minimum Gasteiger partial charge on any atom is -0.479 e. The molecule has 0 fully saturated rings. The fourth-order valence-electron chi connectivity index (χ4n) is 1.34. The van der Waals surface area contributed by atoms with Crippen molar-refractivity contribution >= 4 is 28.1 Å². The van der Waals surface area contributed by atoms with Gasteiger partial charge in [-0.3, -0.25) is 4.79 Å². The van der Waals surface area contributed by atoms with Crippen LogP contribution in [0.1, 0.15) is 10.5 Å². The van der Waals surface area contributed by atoms with Gasteiger partial charge in [0, 0.05) is 11.1 Å². The number of nitrogens with zero attached hydrogens (tertiary/aromatic N) is 2. The number of carbonyl (C=O) groups excluding carboxylic acids is 1. The minimum atomic E-state index is -0.321. The topological polar surface area (TPSA) is 101 Å². The van der Waals surface area contributed by atoms with Gasteiger partial charge in [-0.25, -0.2) is 4.98 Å². The highest BCUT2D eigenvalue weighted by Crippen LogP contribution is 2.17. The predicted octanol–water partition coefficient (Wildman–Crippen LogP) is 1.88. The Hall–Kier alpha value is -2.59. The van der Waals surface area contributed by atoms with Crippen molar-refractivity contribution in [3.63, 3.8) is 0 Å². The number of nitrogens with one attached hydrogen (secondary N) is 1. The third kappa shape index (κ3) is 3.43. The van der Waals surface area contributed by atoms with Crippen LogP contribution in [0, 0.1) is 11.3 Å². The molecule has 1 aromatic heterocycles. The quantitative estimate of drug-likeness (QED) is 0.886. The third-order valence-corrected chi connectivity index (χ3v) is 2.84. The van der Waals surface area contributed by atoms with Gasteiger partial charge in [0.05, 0.1) is 0 Å². The molecule has 0 unspecified atom stereocenters. The maximum absolute atomic E-state index is 11.8. The van der Waals surface area contributed by atoms with Gasteiger partial charge in [-0.05, 0) is 24.3 Å². The van der Waals surface area contributed by atoms with E-state index in [4.69, 9.17) is 15.7 Å². The zero-order valence-corrected chi connectivity index (χ0v) is 10.6. The van der Waals surface area contributed by atoms with Crippen LogP contribution in [0.2, 0.25) is 0 Å². The van der Waals surface area contributed by atoms with E-state index in [1.165, 1.54) is 11.3 Å². The number of anilines is 2. The first-order valence-corrected chi connectivity index (χ1v) is 6.19. The van der Waals surface area contributed by atoms with Crippen LogP contribution in [0.25, 0.3) is 0 Å². The van der Waals surface area contributed by atoms with Crippen molar-refractivity contribution in [2.24, 2.45) is 0 Å². The number of nitriles is 1. The van der Waals surface area contributed by atoms with E-state index in [0.717, 1.165) is 0 Å². The molecule has 0 bridgehead atoms. The van der Waals surface area contributed by atoms with Gasteiger partial charge in [0.25, 0.3) is 5.91 Å². The smallest absolute Gasteiger partial charge is 0.275 e. The van der Waals surface area contributed by atoms with Crippen LogP contribution in [-0.4, -0.2) is 17.5 Å². The van der Waals surface area contributed by atoms with Gasteiger partial charge < -0.3 is 15.8 Å². The Labute approximate surface area is 113 Å². The molecular weight excluding hydrogens is 264 g/mol. The lowest BCUT2D eigenvalue weighted by atomic mass is 10.3. The number of hydrogen-bond donors (Lipinski definition) is 2. The number of rotatable bonds is 4. The predicted molar refractivity (Wildman–Crippen MR) is 72.0 cm³/mol. The van der Waals surface area contributed by atoms with Crippen molar-refractivity contribution < 1.29 is 9.53 Å². The highest BCUT2D eigenvalue weighted by atomic mass is 32.1. The van der Waals surface area contributed by atoms with Gasteiger partial charge in [0.1, 0.15) is 17.5 Å². The zero-order valence-electron chi connectivity index (χ0n) is 9.79. The number of nitrogen functional groups attached to an aromatic ring is 1. The fraction of sp³-hybridized carbons (Fsp3) is 0.0833. The molecule has 1 heterocycles. The number of nitrogens with two attached hydrogens (primary N) is 1. The molecule has 6 nitrogen and oxygen atoms in total. The number of amides is 1. The van der Waals surface area contributed by atoms with Crippen LogP contribution in [-0.2, 0) is 0 Å². The fourth-order valence-corrected chi connectivity index (χ4v) is 1.88. The molecule has 0 saturated heterocycles. The van der Waals surface area contributed by atoms with E-state index in [2.05, 4.69) is 10.3 Å². The van der Waals surface area contributed by atoms with Crippen molar-refractivity contribution in [3.8, 4) is 11.8 Å². The molecule has 1 amide bonds. The first-order chi connectivity index (χ1) is 9.19. The lowest BCUT2D eigenvalue weighted by molar-refractivity contribution is 0.102. The zero-order chi connectivity index (χ0) is 13.7. The van der Waals surface area contributed by atoms with Crippen LogP contribution >= 0.6 is 11.3 Å². The standard InChI is InChI=1S/C12H10N4O2S/c13-5-6-18-9-3-1-8(2-4-9)15-11(17)10-7-19-12(14)16-10/h1-4,7H,6H2,(H2,14,16)(H,15,17). The van der Waals surface area contributed by atoms with E-state index in [0.29, 0.717) is 16.6 Å². The molecule has 0 saturated carbocycles. The summed E-state index contributed by atoms with van der Waals surface area (Å²) in [6, 6.07) is 8.58. The molecule has 1 aromatic carbocycles. The second-order valence-corrected chi connectivity index (χ2v) is 4.39. The number of carbonyl (C=O) groups is 1. The maximum Gasteiger partial charge on any atom is 0.275 e. The van der Waals surface area contributed by atoms with Crippen LogP contribution in [0.3, 0.4) is 0 Å². The molecule has 19 heavy (non-hydrogen) atoms. The highest BCUT2D eigenvalue weighted by molar-refractivity contribution is 7.13. The van der Waals surface area contributed by atoms with E-state index >= 15 is 0 Å². The van der Waals surface area contributed by atoms with Gasteiger partial charge >= 0.3 is 0 Å². The second kappa shape index (κ2) is 5.84. The second-order valence-electron chi connectivity index (χ2n) is 3.50. The maximum atomic E-state index is 11.8. The molecule has 2 rings (SSSR count). The largest absolute Gasteiger partial charge is 0.479 e. The van der Waals surface area contributed by atoms with E-state index in [-0.39, 0.29) is 18.2 Å². The molecule has 0 aliphatic carbocycles. The van der Waals surface area contributed by atoms with Gasteiger partial charge in [0.2, 0.25) is 0 Å². The summed E-state index contributed by atoms with van der Waals surface area (Å²) >= 11 is 1.21. The van der Waals surface area contributed by atoms with Crippen LogP contribution in [0.15, 0.2) is 29.6 Å². The summed E-state index contributed by atoms with van der Waals surface area (Å²) in [4.78, 5) is 15.7. The Kier molecular flexibility index (Phi) is 3.95. The summed E-state index contributed by atoms with van der Waals surface area (Å²) in [6.45, 7) is -0.0101. The number of thiazole rings is 1. The minimum absolute atomic E-state index is 0.0101. The van der Waals surface area contributed by atoms with Crippen molar-refractivity contribution in [1.29, 1.82) is 5.26 Å². The molecule has 96 valence electrons. The first kappa shape index (κ1) is 12.9. The summed E-state index contributed by atoms with van der Waals surface area (Å²) in [5, 5.41) is 13.0. The monoisotopic (exact) mass is 274 g/mol. The third-order valence-electron chi connectivity index (χ3n) is 2.17. The van der Waals surface area contributed by atoms with Gasteiger partial charge in [-0.2, -0.15) is 5.26 Å². The van der Waals surface area contributed by atoms with E-state index < -0.39 is 0 Å². The molecule has 2 aromatic rings. The molecule has 0 atom stereocenters. The molecule has 0 radical (unpaired) electrons. The number of ether oxygens (including phenoxy) is 1. The van der Waals surface area contributed by atoms with Crippen LogP contribution in [0.5, 0.6) is 5.75 Å². The van der Waals surface area contributed by atoms with E-state index in [1.807, 2.05) is 6.07 Å².